The number of anilines is 1. The summed E-state index contributed by atoms with van der Waals surface area (Å²) in [4.78, 5) is 46.1. The Morgan fingerprint density at radius 1 is 0.976 bits per heavy atom. The van der Waals surface area contributed by atoms with E-state index < -0.39 is 11.9 Å². The van der Waals surface area contributed by atoms with Gasteiger partial charge in [-0.1, -0.05) is 36.4 Å². The summed E-state index contributed by atoms with van der Waals surface area (Å²) in [6, 6.07) is 17.6. The zero-order valence-electron chi connectivity index (χ0n) is 23.0. The fraction of sp³-hybridized carbons (Fsp3) is 0.312. The molecule has 0 aliphatic carbocycles. The van der Waals surface area contributed by atoms with Crippen LogP contribution in [0.2, 0.25) is 0 Å². The minimum atomic E-state index is -0.663. The molecule has 6 rings (SSSR count). The molecule has 3 aliphatic heterocycles. The Kier molecular flexibility index (Phi) is 7.59. The van der Waals surface area contributed by atoms with Crippen LogP contribution < -0.4 is 15.0 Å². The third-order valence-electron chi connectivity index (χ3n) is 8.14. The highest BCUT2D eigenvalue weighted by molar-refractivity contribution is 6.05. The van der Waals surface area contributed by atoms with Crippen LogP contribution in [0.5, 0.6) is 5.75 Å². The first kappa shape index (κ1) is 27.4. The highest BCUT2D eigenvalue weighted by atomic mass is 19.1. The maximum absolute atomic E-state index is 14.4. The second-order valence-electron chi connectivity index (χ2n) is 10.8. The molecule has 3 aromatic carbocycles. The lowest BCUT2D eigenvalue weighted by Gasteiger charge is -2.36. The summed E-state index contributed by atoms with van der Waals surface area (Å²) >= 11 is 0. The van der Waals surface area contributed by atoms with Crippen LogP contribution in [0.3, 0.4) is 0 Å². The van der Waals surface area contributed by atoms with E-state index >= 15 is 0 Å². The Bertz CT molecular complexity index is 1580. The van der Waals surface area contributed by atoms with E-state index in [4.69, 9.17) is 11.3 Å². The number of hydrogen-bond donors (Lipinski definition) is 1. The molecule has 1 N–H and O–H groups in total. The molecule has 0 radical (unpaired) electrons. The lowest BCUT2D eigenvalue weighted by molar-refractivity contribution is -0.136. The second kappa shape index (κ2) is 11.6. The Balaban J connectivity index is 1.02. The molecule has 0 saturated carbocycles. The van der Waals surface area contributed by atoms with Gasteiger partial charge in [0, 0.05) is 50.3 Å². The second-order valence-corrected chi connectivity index (χ2v) is 10.8. The molecule has 3 heterocycles. The Hall–Kier alpha value is -4.75. The van der Waals surface area contributed by atoms with E-state index in [1.807, 2.05) is 23.1 Å². The maximum atomic E-state index is 14.4. The average molecular weight is 568 g/mol. The van der Waals surface area contributed by atoms with Gasteiger partial charge >= 0.3 is 0 Å². The van der Waals surface area contributed by atoms with Crippen LogP contribution in [0.1, 0.15) is 39.9 Å². The molecule has 1 atom stereocenters. The van der Waals surface area contributed by atoms with Gasteiger partial charge < -0.3 is 14.5 Å². The Morgan fingerprint density at radius 3 is 2.45 bits per heavy atom. The van der Waals surface area contributed by atoms with Gasteiger partial charge in [-0.25, -0.2) is 9.24 Å². The van der Waals surface area contributed by atoms with E-state index in [0.717, 1.165) is 30.8 Å². The van der Waals surface area contributed by atoms with Crippen molar-refractivity contribution in [1.82, 2.24) is 15.1 Å². The number of hydrogen-bond acceptors (Lipinski definition) is 6. The first-order chi connectivity index (χ1) is 20.4. The molecule has 10 heteroatoms. The van der Waals surface area contributed by atoms with Crippen LogP contribution in [0.15, 0.2) is 60.7 Å². The SMILES string of the molecule is [C-]#[N+]c1ccc(N2CCN(Cc3ccc(COc4cccc5c4CN([C@@H]4CCC(=O)NC4=O)C5=O)cc3)CC2)c(F)c1. The van der Waals surface area contributed by atoms with Gasteiger partial charge in [0.25, 0.3) is 5.91 Å². The number of carbonyl (C=O) groups excluding carboxylic acids is 3. The maximum Gasteiger partial charge on any atom is 0.255 e. The van der Waals surface area contributed by atoms with Gasteiger partial charge in [0.1, 0.15) is 24.2 Å². The summed E-state index contributed by atoms with van der Waals surface area (Å²) in [6.07, 6.45) is 0.532. The van der Waals surface area contributed by atoms with E-state index in [0.29, 0.717) is 48.8 Å². The molecule has 0 spiro atoms. The molecule has 0 bridgehead atoms. The molecule has 9 nitrogen and oxygen atoms in total. The molecule has 3 aromatic rings. The van der Waals surface area contributed by atoms with Crippen molar-refractivity contribution in [2.45, 2.75) is 38.6 Å². The van der Waals surface area contributed by atoms with E-state index in [1.54, 1.807) is 24.3 Å². The highest BCUT2D eigenvalue weighted by Gasteiger charge is 2.40. The number of piperidine rings is 1. The quantitative estimate of drug-likeness (QED) is 0.343. The summed E-state index contributed by atoms with van der Waals surface area (Å²) in [5.74, 6) is -0.711. The third-order valence-corrected chi connectivity index (χ3v) is 8.14. The molecule has 0 aromatic heterocycles. The monoisotopic (exact) mass is 567 g/mol. The fourth-order valence-electron chi connectivity index (χ4n) is 5.82. The molecular formula is C32H30FN5O4. The zero-order valence-corrected chi connectivity index (χ0v) is 23.0. The summed E-state index contributed by atoms with van der Waals surface area (Å²) in [5, 5.41) is 2.33. The van der Waals surface area contributed by atoms with Crippen molar-refractivity contribution < 1.29 is 23.5 Å². The third kappa shape index (κ3) is 5.56. The molecule has 214 valence electrons. The zero-order chi connectivity index (χ0) is 29.2. The first-order valence-corrected chi connectivity index (χ1v) is 14.0. The number of nitrogens with one attached hydrogen (secondary N) is 1. The van der Waals surface area contributed by atoms with Crippen molar-refractivity contribution in [2.75, 3.05) is 31.1 Å². The molecule has 3 aliphatic rings. The summed E-state index contributed by atoms with van der Waals surface area (Å²) in [6.45, 7) is 11.5. The van der Waals surface area contributed by atoms with Crippen molar-refractivity contribution in [3.8, 4) is 5.75 Å². The van der Waals surface area contributed by atoms with E-state index in [9.17, 15) is 18.8 Å². The van der Waals surface area contributed by atoms with E-state index in [-0.39, 0.29) is 30.6 Å². The number of halogens is 1. The van der Waals surface area contributed by atoms with Crippen molar-refractivity contribution in [3.63, 3.8) is 0 Å². The van der Waals surface area contributed by atoms with Crippen LogP contribution in [0.4, 0.5) is 15.8 Å². The number of piperazine rings is 1. The van der Waals surface area contributed by atoms with Gasteiger partial charge in [-0.05, 0) is 41.8 Å². The first-order valence-electron chi connectivity index (χ1n) is 14.0. The van der Waals surface area contributed by atoms with Gasteiger partial charge in [0.05, 0.1) is 18.8 Å². The number of benzene rings is 3. The predicted molar refractivity (Wildman–Crippen MR) is 153 cm³/mol. The largest absolute Gasteiger partial charge is 0.489 e. The van der Waals surface area contributed by atoms with Gasteiger partial charge in [0.15, 0.2) is 5.69 Å². The summed E-state index contributed by atoms with van der Waals surface area (Å²) in [5.41, 5.74) is 4.30. The number of ether oxygens (including phenoxy) is 1. The molecular weight excluding hydrogens is 537 g/mol. The molecule has 3 amide bonds. The summed E-state index contributed by atoms with van der Waals surface area (Å²) in [7, 11) is 0. The van der Waals surface area contributed by atoms with E-state index in [1.165, 1.54) is 16.5 Å². The van der Waals surface area contributed by atoms with Gasteiger partial charge in [-0.3, -0.25) is 24.6 Å². The topological polar surface area (TPSA) is 86.6 Å². The van der Waals surface area contributed by atoms with Crippen molar-refractivity contribution in [1.29, 1.82) is 0 Å². The smallest absolute Gasteiger partial charge is 0.255 e. The number of amides is 3. The fourth-order valence-corrected chi connectivity index (χ4v) is 5.82. The van der Waals surface area contributed by atoms with Crippen molar-refractivity contribution >= 4 is 29.1 Å². The number of nitrogens with zero attached hydrogens (tertiary/aromatic N) is 4. The predicted octanol–water partition coefficient (Wildman–Crippen LogP) is 4.04. The molecule has 0 unspecified atom stereocenters. The van der Waals surface area contributed by atoms with Crippen LogP contribution in [0.25, 0.3) is 4.85 Å². The van der Waals surface area contributed by atoms with Crippen molar-refractivity contribution in [2.24, 2.45) is 0 Å². The normalized spacial score (nSPS) is 19.0. The van der Waals surface area contributed by atoms with Gasteiger partial charge in [-0.15, -0.1) is 0 Å². The lowest BCUT2D eigenvalue weighted by atomic mass is 10.0. The number of carbonyl (C=O) groups is 3. The highest BCUT2D eigenvalue weighted by Crippen LogP contribution is 2.34. The lowest BCUT2D eigenvalue weighted by Crippen LogP contribution is -2.52. The van der Waals surface area contributed by atoms with Crippen LogP contribution >= 0.6 is 0 Å². The van der Waals surface area contributed by atoms with Crippen molar-refractivity contribution in [3.05, 3.63) is 100 Å². The van der Waals surface area contributed by atoms with Crippen LogP contribution in [-0.2, 0) is 29.3 Å². The van der Waals surface area contributed by atoms with Gasteiger partial charge in [0.2, 0.25) is 11.8 Å². The standard InChI is InChI=1S/C32H30FN5O4/c1-34-23-9-10-27(26(33)17-23)37-15-13-36(14-16-37)18-21-5-7-22(8-6-21)20-42-29-4-2-3-24-25(29)19-38(32(24)41)28-11-12-30(39)35-31(28)40/h2-10,17,28H,11-16,18-20H2,(H,35,39,40)/t28-/m1/s1. The number of fused-ring (bicyclic) bond motifs is 1. The molecule has 2 fully saturated rings. The van der Waals surface area contributed by atoms with Crippen LogP contribution in [-0.4, -0.2) is 59.7 Å². The van der Waals surface area contributed by atoms with E-state index in [2.05, 4.69) is 27.2 Å². The number of imide groups is 1. The molecule has 42 heavy (non-hydrogen) atoms. The minimum absolute atomic E-state index is 0.214. The summed E-state index contributed by atoms with van der Waals surface area (Å²) < 4.78 is 20.6. The number of rotatable bonds is 7. The molecule has 2 saturated heterocycles. The van der Waals surface area contributed by atoms with Crippen LogP contribution in [0, 0.1) is 12.4 Å². The Labute approximate surface area is 243 Å². The average Bonchev–Trinajstić information content (AvgIpc) is 3.33. The Morgan fingerprint density at radius 2 is 1.74 bits per heavy atom. The minimum Gasteiger partial charge on any atom is -0.489 e. The van der Waals surface area contributed by atoms with Gasteiger partial charge in [-0.2, -0.15) is 0 Å².